The molecule has 0 amide bonds. The number of hydrogen-bond donors (Lipinski definition) is 1. The summed E-state index contributed by atoms with van der Waals surface area (Å²) < 4.78 is 1.90. The Morgan fingerprint density at radius 1 is 1.24 bits per heavy atom. The first-order chi connectivity index (χ1) is 8.24. The lowest BCUT2D eigenvalue weighted by Gasteiger charge is -2.15. The van der Waals surface area contributed by atoms with Crippen LogP contribution < -0.4 is 5.73 Å². The van der Waals surface area contributed by atoms with Crippen LogP contribution in [0.25, 0.3) is 0 Å². The number of rotatable bonds is 2. The van der Waals surface area contributed by atoms with Crippen LogP contribution in [0.3, 0.4) is 0 Å². The molecule has 4 nitrogen and oxygen atoms in total. The molecule has 0 radical (unpaired) electrons. The maximum atomic E-state index is 5.89. The van der Waals surface area contributed by atoms with Crippen molar-refractivity contribution in [1.29, 1.82) is 0 Å². The van der Waals surface area contributed by atoms with Crippen molar-refractivity contribution in [2.75, 3.05) is 5.73 Å². The van der Waals surface area contributed by atoms with E-state index in [2.05, 4.69) is 34.3 Å². The Morgan fingerprint density at radius 2 is 2.00 bits per heavy atom. The fraction of sp³-hybridized carbons (Fsp3) is 0.308. The van der Waals surface area contributed by atoms with E-state index >= 15 is 0 Å². The molecule has 1 aliphatic heterocycles. The predicted octanol–water partition coefficient (Wildman–Crippen LogP) is 1.52. The van der Waals surface area contributed by atoms with Crippen LogP contribution in [0, 0.1) is 0 Å². The molecule has 1 aliphatic rings. The number of nitrogen functional groups attached to an aromatic ring is 1. The van der Waals surface area contributed by atoms with Gasteiger partial charge in [-0.3, -0.25) is 9.58 Å². The highest BCUT2D eigenvalue weighted by molar-refractivity contribution is 5.44. The summed E-state index contributed by atoms with van der Waals surface area (Å²) in [5, 5.41) is 4.24. The third kappa shape index (κ3) is 1.80. The van der Waals surface area contributed by atoms with Gasteiger partial charge >= 0.3 is 0 Å². The minimum atomic E-state index is 0.679. The lowest BCUT2D eigenvalue weighted by atomic mass is 10.2. The van der Waals surface area contributed by atoms with Crippen molar-refractivity contribution in [3.05, 3.63) is 47.2 Å². The van der Waals surface area contributed by atoms with Crippen molar-refractivity contribution in [2.45, 2.75) is 19.6 Å². The third-order valence-corrected chi connectivity index (χ3v) is 3.31. The lowest BCUT2D eigenvalue weighted by Crippen LogP contribution is -2.17. The topological polar surface area (TPSA) is 47.1 Å². The molecule has 0 bridgehead atoms. The molecular weight excluding hydrogens is 212 g/mol. The van der Waals surface area contributed by atoms with Gasteiger partial charge in [0.15, 0.2) is 0 Å². The van der Waals surface area contributed by atoms with Crippen LogP contribution in [0.4, 0.5) is 5.82 Å². The first-order valence-corrected chi connectivity index (χ1v) is 5.80. The number of anilines is 1. The quantitative estimate of drug-likeness (QED) is 0.847. The van der Waals surface area contributed by atoms with E-state index in [1.54, 1.807) is 0 Å². The summed E-state index contributed by atoms with van der Waals surface area (Å²) in [5.41, 5.74) is 9.68. The van der Waals surface area contributed by atoms with Gasteiger partial charge in [0.25, 0.3) is 0 Å². The van der Waals surface area contributed by atoms with Crippen LogP contribution in [-0.4, -0.2) is 14.7 Å². The SMILES string of the molecule is Cn1nc(N)c2c1CN(Cc1ccccc1)C2. The molecular formula is C13H16N4. The van der Waals surface area contributed by atoms with Crippen LogP contribution in [0.2, 0.25) is 0 Å². The molecule has 1 aromatic heterocycles. The number of benzene rings is 1. The van der Waals surface area contributed by atoms with Crippen LogP contribution >= 0.6 is 0 Å². The highest BCUT2D eigenvalue weighted by Crippen LogP contribution is 2.27. The zero-order valence-electron chi connectivity index (χ0n) is 9.93. The highest BCUT2D eigenvalue weighted by Gasteiger charge is 2.25. The van der Waals surface area contributed by atoms with E-state index in [9.17, 15) is 0 Å². The fourth-order valence-corrected chi connectivity index (χ4v) is 2.44. The van der Waals surface area contributed by atoms with Crippen LogP contribution in [0.1, 0.15) is 16.8 Å². The highest BCUT2D eigenvalue weighted by atomic mass is 15.3. The minimum absolute atomic E-state index is 0.679. The summed E-state index contributed by atoms with van der Waals surface area (Å²) in [6, 6.07) is 10.5. The van der Waals surface area contributed by atoms with Crippen LogP contribution in [-0.2, 0) is 26.7 Å². The standard InChI is InChI=1S/C13H16N4/c1-16-12-9-17(8-11(12)13(14)15-16)7-10-5-3-2-4-6-10/h2-6H,7-9H2,1H3,(H2,14,15). The van der Waals surface area contributed by atoms with Gasteiger partial charge in [-0.2, -0.15) is 5.10 Å². The number of aromatic nitrogens is 2. The van der Waals surface area contributed by atoms with E-state index in [0.29, 0.717) is 5.82 Å². The number of fused-ring (bicyclic) bond motifs is 1. The van der Waals surface area contributed by atoms with E-state index in [4.69, 9.17) is 5.73 Å². The molecule has 3 rings (SSSR count). The second-order valence-electron chi connectivity index (χ2n) is 4.56. The molecule has 2 heterocycles. The molecule has 17 heavy (non-hydrogen) atoms. The Labute approximate surface area is 101 Å². The van der Waals surface area contributed by atoms with Crippen LogP contribution in [0.5, 0.6) is 0 Å². The van der Waals surface area contributed by atoms with Gasteiger partial charge in [0.05, 0.1) is 5.69 Å². The molecule has 0 saturated heterocycles. The lowest BCUT2D eigenvalue weighted by molar-refractivity contribution is 0.269. The Kier molecular flexibility index (Phi) is 2.37. The summed E-state index contributed by atoms with van der Waals surface area (Å²) in [7, 11) is 1.96. The largest absolute Gasteiger partial charge is 0.382 e. The Balaban J connectivity index is 1.77. The van der Waals surface area contributed by atoms with E-state index < -0.39 is 0 Å². The molecule has 0 atom stereocenters. The first kappa shape index (κ1) is 10.4. The van der Waals surface area contributed by atoms with Crippen molar-refractivity contribution >= 4 is 5.82 Å². The van der Waals surface area contributed by atoms with E-state index in [1.807, 2.05) is 17.8 Å². The molecule has 0 saturated carbocycles. The Morgan fingerprint density at radius 3 is 2.71 bits per heavy atom. The van der Waals surface area contributed by atoms with Crippen molar-refractivity contribution in [3.63, 3.8) is 0 Å². The van der Waals surface area contributed by atoms with Crippen molar-refractivity contribution in [3.8, 4) is 0 Å². The van der Waals surface area contributed by atoms with Crippen molar-refractivity contribution in [1.82, 2.24) is 14.7 Å². The van der Waals surface area contributed by atoms with Gasteiger partial charge in [0.1, 0.15) is 5.82 Å². The number of aryl methyl sites for hydroxylation is 1. The second kappa shape index (κ2) is 3.89. The van der Waals surface area contributed by atoms with E-state index in [0.717, 1.165) is 19.6 Å². The second-order valence-corrected chi connectivity index (χ2v) is 4.56. The Bertz CT molecular complexity index is 503. The summed E-state index contributed by atoms with van der Waals surface area (Å²) in [6.45, 7) is 2.81. The van der Waals surface area contributed by atoms with Gasteiger partial charge in [0.2, 0.25) is 0 Å². The van der Waals surface area contributed by atoms with Crippen molar-refractivity contribution < 1.29 is 0 Å². The molecule has 1 aromatic carbocycles. The summed E-state index contributed by atoms with van der Waals surface area (Å²) in [6.07, 6.45) is 0. The zero-order valence-corrected chi connectivity index (χ0v) is 9.93. The molecule has 2 aromatic rings. The molecule has 4 heteroatoms. The maximum Gasteiger partial charge on any atom is 0.150 e. The zero-order chi connectivity index (χ0) is 11.8. The molecule has 0 spiro atoms. The number of nitrogens with two attached hydrogens (primary N) is 1. The Hall–Kier alpha value is -1.81. The average molecular weight is 228 g/mol. The summed E-state index contributed by atoms with van der Waals surface area (Å²) in [4.78, 5) is 2.39. The van der Waals surface area contributed by atoms with Gasteiger partial charge in [-0.15, -0.1) is 0 Å². The monoisotopic (exact) mass is 228 g/mol. The summed E-state index contributed by atoms with van der Waals surface area (Å²) in [5.74, 6) is 0.679. The average Bonchev–Trinajstić information content (AvgIpc) is 2.83. The normalized spacial score (nSPS) is 15.1. The smallest absolute Gasteiger partial charge is 0.150 e. The fourth-order valence-electron chi connectivity index (χ4n) is 2.44. The molecule has 88 valence electrons. The minimum Gasteiger partial charge on any atom is -0.382 e. The van der Waals surface area contributed by atoms with E-state index in [-0.39, 0.29) is 0 Å². The summed E-state index contributed by atoms with van der Waals surface area (Å²) >= 11 is 0. The first-order valence-electron chi connectivity index (χ1n) is 5.80. The molecule has 2 N–H and O–H groups in total. The van der Waals surface area contributed by atoms with Crippen LogP contribution in [0.15, 0.2) is 30.3 Å². The maximum absolute atomic E-state index is 5.89. The van der Waals surface area contributed by atoms with Gasteiger partial charge < -0.3 is 5.73 Å². The van der Waals surface area contributed by atoms with Gasteiger partial charge in [0, 0.05) is 32.2 Å². The molecule has 0 aliphatic carbocycles. The number of hydrogen-bond acceptors (Lipinski definition) is 3. The number of nitrogens with zero attached hydrogens (tertiary/aromatic N) is 3. The van der Waals surface area contributed by atoms with Gasteiger partial charge in [-0.25, -0.2) is 0 Å². The van der Waals surface area contributed by atoms with Gasteiger partial charge in [-0.1, -0.05) is 30.3 Å². The van der Waals surface area contributed by atoms with Crippen molar-refractivity contribution in [2.24, 2.45) is 7.05 Å². The van der Waals surface area contributed by atoms with Gasteiger partial charge in [-0.05, 0) is 5.56 Å². The predicted molar refractivity (Wildman–Crippen MR) is 67.0 cm³/mol. The van der Waals surface area contributed by atoms with E-state index in [1.165, 1.54) is 16.8 Å². The third-order valence-electron chi connectivity index (χ3n) is 3.31. The molecule has 0 unspecified atom stereocenters. The molecule has 0 fully saturated rings.